The predicted molar refractivity (Wildman–Crippen MR) is 120 cm³/mol. The smallest absolute Gasteiger partial charge is 0.416 e. The van der Waals surface area contributed by atoms with Crippen LogP contribution >= 0.6 is 0 Å². The van der Waals surface area contributed by atoms with Crippen molar-refractivity contribution >= 4 is 18.3 Å². The number of hydrogen-bond donors (Lipinski definition) is 3. The van der Waals surface area contributed by atoms with Crippen LogP contribution in [-0.4, -0.2) is 58.4 Å². The van der Waals surface area contributed by atoms with E-state index < -0.39 is 42.0 Å². The Kier molecular flexibility index (Phi) is 8.83. The van der Waals surface area contributed by atoms with Gasteiger partial charge in [0.15, 0.2) is 6.17 Å². The van der Waals surface area contributed by atoms with Gasteiger partial charge in [0.2, 0.25) is 6.41 Å². The number of nitrogens with zero attached hydrogens (tertiary/aromatic N) is 2. The highest BCUT2D eigenvalue weighted by Crippen LogP contribution is 2.31. The van der Waals surface area contributed by atoms with Gasteiger partial charge in [-0.05, 0) is 55.8 Å². The number of amides is 4. The van der Waals surface area contributed by atoms with Crippen molar-refractivity contribution in [2.24, 2.45) is 5.73 Å². The van der Waals surface area contributed by atoms with Crippen molar-refractivity contribution in [1.82, 2.24) is 15.3 Å². The fraction of sp³-hybridized carbons (Fsp3) is 0.348. The van der Waals surface area contributed by atoms with Gasteiger partial charge in [-0.15, -0.1) is 0 Å². The number of ether oxygens (including phenoxy) is 1. The molecule has 35 heavy (non-hydrogen) atoms. The molecule has 0 bridgehead atoms. The Morgan fingerprint density at radius 2 is 1.60 bits per heavy atom. The van der Waals surface area contributed by atoms with Gasteiger partial charge in [0, 0.05) is 0 Å². The molecule has 1 saturated heterocycles. The van der Waals surface area contributed by atoms with Crippen LogP contribution in [0.3, 0.4) is 0 Å². The molecule has 1 aliphatic rings. The zero-order chi connectivity index (χ0) is 26.4. The number of carbonyl (C=O) groups is 3. The molecule has 1 fully saturated rings. The number of urea groups is 1. The summed E-state index contributed by atoms with van der Waals surface area (Å²) in [5.41, 5.74) is 4.09. The summed E-state index contributed by atoms with van der Waals surface area (Å²) in [7, 11) is 0. The summed E-state index contributed by atoms with van der Waals surface area (Å²) in [5, 5.41) is 12.5. The summed E-state index contributed by atoms with van der Waals surface area (Å²) in [6, 6.07) is 10.2. The van der Waals surface area contributed by atoms with Gasteiger partial charge in [-0.25, -0.2) is 9.69 Å². The number of nitrogens with one attached hydrogen (secondary N) is 1. The van der Waals surface area contributed by atoms with E-state index in [4.69, 9.17) is 10.5 Å². The lowest BCUT2D eigenvalue weighted by molar-refractivity contribution is -0.180. The number of nitrogens with two attached hydrogens (primary N) is 1. The molecule has 2 aromatic rings. The number of benzene rings is 2. The largest absolute Gasteiger partial charge is 0.489 e. The SMILES string of the molecule is CC1(C)NC(=O)N(C(COc2ccc(-c3ccc(C(F)(F)F)cc3)cc2)N(O)C=O)C1=O.CCN. The highest BCUT2D eigenvalue weighted by Gasteiger charge is 2.49. The van der Waals surface area contributed by atoms with Gasteiger partial charge in [-0.2, -0.15) is 18.2 Å². The summed E-state index contributed by atoms with van der Waals surface area (Å²) >= 11 is 0. The number of imide groups is 1. The normalized spacial score (nSPS) is 15.6. The zero-order valence-electron chi connectivity index (χ0n) is 19.4. The summed E-state index contributed by atoms with van der Waals surface area (Å²) in [6.45, 7) is 5.20. The van der Waals surface area contributed by atoms with Crippen LogP contribution in [0.15, 0.2) is 48.5 Å². The molecule has 1 heterocycles. The van der Waals surface area contributed by atoms with Crippen molar-refractivity contribution in [3.05, 3.63) is 54.1 Å². The van der Waals surface area contributed by atoms with Gasteiger partial charge in [0.05, 0.1) is 5.56 Å². The second kappa shape index (κ2) is 11.2. The zero-order valence-corrected chi connectivity index (χ0v) is 19.4. The van der Waals surface area contributed by atoms with Crippen molar-refractivity contribution in [1.29, 1.82) is 0 Å². The van der Waals surface area contributed by atoms with Crippen LogP contribution in [0.5, 0.6) is 5.75 Å². The first-order valence-corrected chi connectivity index (χ1v) is 10.5. The third kappa shape index (κ3) is 6.70. The average molecular weight is 496 g/mol. The number of halogens is 3. The Balaban J connectivity index is 0.00000137. The van der Waals surface area contributed by atoms with Crippen molar-refractivity contribution in [3.63, 3.8) is 0 Å². The van der Waals surface area contributed by atoms with E-state index in [0.717, 1.165) is 18.7 Å². The van der Waals surface area contributed by atoms with E-state index in [1.807, 2.05) is 6.92 Å². The monoisotopic (exact) mass is 496 g/mol. The standard InChI is InChI=1S/C21H20F3N3O5.C2H7N/c1-20(2)18(29)27(19(30)25-20)17(26(31)12-28)11-32-16-9-5-14(6-10-16)13-3-7-15(8-4-13)21(22,23)24;1-2-3/h3-10,12,17,31H,11H2,1-2H3,(H,25,30);2-3H2,1H3. The molecule has 0 spiro atoms. The maximum atomic E-state index is 12.7. The third-order valence-corrected chi connectivity index (χ3v) is 4.90. The lowest BCUT2D eigenvalue weighted by Crippen LogP contribution is -2.53. The topological polar surface area (TPSA) is 125 Å². The van der Waals surface area contributed by atoms with Crippen molar-refractivity contribution in [3.8, 4) is 16.9 Å². The molecule has 0 radical (unpaired) electrons. The maximum absolute atomic E-state index is 12.7. The molecular formula is C23H27F3N4O5. The van der Waals surface area contributed by atoms with Gasteiger partial charge in [0.25, 0.3) is 5.91 Å². The van der Waals surface area contributed by atoms with E-state index in [-0.39, 0.29) is 17.2 Å². The predicted octanol–water partition coefficient (Wildman–Crippen LogP) is 3.22. The molecule has 190 valence electrons. The Labute approximate surface area is 200 Å². The highest BCUT2D eigenvalue weighted by molar-refractivity contribution is 6.06. The van der Waals surface area contributed by atoms with Crippen LogP contribution in [0.25, 0.3) is 11.1 Å². The van der Waals surface area contributed by atoms with Gasteiger partial charge in [-0.3, -0.25) is 14.8 Å². The third-order valence-electron chi connectivity index (χ3n) is 4.90. The Bertz CT molecular complexity index is 1030. The molecule has 0 aromatic heterocycles. The van der Waals surface area contributed by atoms with E-state index in [2.05, 4.69) is 5.32 Å². The number of alkyl halides is 3. The lowest BCUT2D eigenvalue weighted by atomic mass is 10.0. The van der Waals surface area contributed by atoms with Crippen molar-refractivity contribution in [2.45, 2.75) is 38.7 Å². The molecule has 1 atom stereocenters. The minimum absolute atomic E-state index is 0.0492. The average Bonchev–Trinajstić information content (AvgIpc) is 3.01. The van der Waals surface area contributed by atoms with Gasteiger partial charge in [-0.1, -0.05) is 31.2 Å². The minimum atomic E-state index is -4.42. The molecule has 9 nitrogen and oxygen atoms in total. The number of hydrogen-bond acceptors (Lipinski definition) is 6. The van der Waals surface area contributed by atoms with Gasteiger partial charge < -0.3 is 15.8 Å². The molecule has 2 aromatic carbocycles. The summed E-state index contributed by atoms with van der Waals surface area (Å²) in [4.78, 5) is 36.4. The van der Waals surface area contributed by atoms with Crippen LogP contribution in [0.2, 0.25) is 0 Å². The van der Waals surface area contributed by atoms with Gasteiger partial charge in [0.1, 0.15) is 17.9 Å². The fourth-order valence-electron chi connectivity index (χ4n) is 3.15. The minimum Gasteiger partial charge on any atom is -0.489 e. The summed E-state index contributed by atoms with van der Waals surface area (Å²) in [6.07, 6.45) is -5.78. The quantitative estimate of drug-likeness (QED) is 0.234. The summed E-state index contributed by atoms with van der Waals surface area (Å²) in [5.74, 6) is -0.356. The van der Waals surface area contributed by atoms with Crippen LogP contribution < -0.4 is 15.8 Å². The Morgan fingerprint density at radius 3 is 2.00 bits per heavy atom. The molecule has 1 unspecified atom stereocenters. The van der Waals surface area contributed by atoms with E-state index >= 15 is 0 Å². The molecule has 4 amide bonds. The van der Waals surface area contributed by atoms with Gasteiger partial charge >= 0.3 is 12.2 Å². The molecule has 12 heteroatoms. The van der Waals surface area contributed by atoms with E-state index in [9.17, 15) is 32.8 Å². The summed E-state index contributed by atoms with van der Waals surface area (Å²) < 4.78 is 43.6. The lowest BCUT2D eigenvalue weighted by Gasteiger charge is -2.29. The first-order chi connectivity index (χ1) is 16.3. The first kappa shape index (κ1) is 27.6. The molecular weight excluding hydrogens is 469 g/mol. The van der Waals surface area contributed by atoms with Crippen LogP contribution in [0.1, 0.15) is 26.3 Å². The Morgan fingerprint density at radius 1 is 1.11 bits per heavy atom. The molecule has 0 saturated carbocycles. The molecule has 3 rings (SSSR count). The fourth-order valence-corrected chi connectivity index (χ4v) is 3.15. The number of carbonyl (C=O) groups excluding carboxylic acids is 3. The first-order valence-electron chi connectivity index (χ1n) is 10.5. The Hall–Kier alpha value is -3.64. The molecule has 1 aliphatic heterocycles. The second-order valence-electron chi connectivity index (χ2n) is 8.02. The van der Waals surface area contributed by atoms with Crippen LogP contribution in [-0.2, 0) is 15.8 Å². The second-order valence-corrected chi connectivity index (χ2v) is 8.02. The molecule has 0 aliphatic carbocycles. The van der Waals surface area contributed by atoms with Crippen LogP contribution in [0.4, 0.5) is 18.0 Å². The number of hydroxylamine groups is 2. The molecule has 4 N–H and O–H groups in total. The number of rotatable bonds is 7. The van der Waals surface area contributed by atoms with Crippen LogP contribution in [0, 0.1) is 0 Å². The van der Waals surface area contributed by atoms with Crippen molar-refractivity contribution in [2.75, 3.05) is 13.2 Å². The highest BCUT2D eigenvalue weighted by atomic mass is 19.4. The maximum Gasteiger partial charge on any atom is 0.416 e. The van der Waals surface area contributed by atoms with Crippen molar-refractivity contribution < 1.29 is 37.5 Å². The van der Waals surface area contributed by atoms with E-state index in [0.29, 0.717) is 16.0 Å². The van der Waals surface area contributed by atoms with E-state index in [1.165, 1.54) is 38.1 Å². The van der Waals surface area contributed by atoms with E-state index in [1.54, 1.807) is 12.1 Å².